The molecule has 1 aromatic carbocycles. The Kier molecular flexibility index (Phi) is 6.74. The fraction of sp³-hybridized carbons (Fsp3) is 0.516. The Labute approximate surface area is 225 Å². The molecule has 4 aliphatic rings. The predicted molar refractivity (Wildman–Crippen MR) is 151 cm³/mol. The van der Waals surface area contributed by atoms with Crippen LogP contribution in [-0.4, -0.2) is 39.1 Å². The van der Waals surface area contributed by atoms with Crippen molar-refractivity contribution in [2.45, 2.75) is 68.1 Å². The van der Waals surface area contributed by atoms with Gasteiger partial charge in [-0.3, -0.25) is 4.79 Å². The van der Waals surface area contributed by atoms with E-state index in [2.05, 4.69) is 67.2 Å². The molecule has 1 amide bonds. The van der Waals surface area contributed by atoms with E-state index in [9.17, 15) is 4.79 Å². The minimum absolute atomic E-state index is 0.127. The third-order valence-corrected chi connectivity index (χ3v) is 9.92. The number of carbonyl (C=O) groups excluding carboxylic acids is 1. The van der Waals surface area contributed by atoms with E-state index in [1.54, 1.807) is 0 Å². The minimum Gasteiger partial charge on any atom is -0.482 e. The summed E-state index contributed by atoms with van der Waals surface area (Å²) in [5.74, 6) is 2.44. The maximum Gasteiger partial charge on any atom is 0.253 e. The second-order valence-electron chi connectivity index (χ2n) is 11.3. The Morgan fingerprint density at radius 2 is 2.00 bits per heavy atom. The molecule has 3 atom stereocenters. The molecular formula is C31H39N3O2S. The summed E-state index contributed by atoms with van der Waals surface area (Å²) in [5, 5.41) is 0.420. The van der Waals surface area contributed by atoms with E-state index in [4.69, 9.17) is 10.5 Å². The van der Waals surface area contributed by atoms with Gasteiger partial charge in [-0.25, -0.2) is 0 Å². The largest absolute Gasteiger partial charge is 0.482 e. The zero-order valence-electron chi connectivity index (χ0n) is 22.1. The van der Waals surface area contributed by atoms with Crippen molar-refractivity contribution in [1.29, 1.82) is 0 Å². The number of likely N-dealkylation sites (tertiary alicyclic amines) is 1. The zero-order valence-corrected chi connectivity index (χ0v) is 22.9. The number of rotatable bonds is 6. The summed E-state index contributed by atoms with van der Waals surface area (Å²) < 4.78 is 8.93. The van der Waals surface area contributed by atoms with Gasteiger partial charge < -0.3 is 19.9 Å². The number of benzene rings is 1. The molecule has 5 nitrogen and oxygen atoms in total. The van der Waals surface area contributed by atoms with Gasteiger partial charge in [-0.05, 0) is 55.7 Å². The number of allylic oxidation sites excluding steroid dienone is 1. The van der Waals surface area contributed by atoms with E-state index < -0.39 is 0 Å². The molecule has 0 bridgehead atoms. The number of nitrogens with two attached hydrogens (primary N) is 1. The molecule has 1 aromatic heterocycles. The first kappa shape index (κ1) is 24.9. The van der Waals surface area contributed by atoms with Gasteiger partial charge in [0.1, 0.15) is 11.4 Å². The number of nitrogens with zero attached hydrogens (tertiary/aromatic N) is 2. The average molecular weight is 518 g/mol. The van der Waals surface area contributed by atoms with Crippen LogP contribution in [0.15, 0.2) is 60.3 Å². The Morgan fingerprint density at radius 3 is 2.76 bits per heavy atom. The Morgan fingerprint density at radius 1 is 1.22 bits per heavy atom. The lowest BCUT2D eigenvalue weighted by Crippen LogP contribution is -2.49. The monoisotopic (exact) mass is 517 g/mol. The number of carbonyl (C=O) groups is 1. The van der Waals surface area contributed by atoms with Crippen molar-refractivity contribution in [3.05, 3.63) is 65.9 Å². The molecule has 6 rings (SSSR count). The predicted octanol–water partition coefficient (Wildman–Crippen LogP) is 6.00. The maximum atomic E-state index is 13.8. The van der Waals surface area contributed by atoms with E-state index in [-0.39, 0.29) is 16.9 Å². The van der Waals surface area contributed by atoms with Gasteiger partial charge in [0.25, 0.3) is 5.91 Å². The summed E-state index contributed by atoms with van der Waals surface area (Å²) >= 11 is 1.85. The van der Waals surface area contributed by atoms with Crippen LogP contribution in [0.3, 0.4) is 0 Å². The highest BCUT2D eigenvalue weighted by Crippen LogP contribution is 2.50. The third kappa shape index (κ3) is 4.79. The number of thioether (sulfide) groups is 1. The van der Waals surface area contributed by atoms with Gasteiger partial charge in [0.05, 0.1) is 11.1 Å². The van der Waals surface area contributed by atoms with Gasteiger partial charge in [0.2, 0.25) is 0 Å². The number of amides is 1. The summed E-state index contributed by atoms with van der Waals surface area (Å²) in [7, 11) is 2.11. The summed E-state index contributed by atoms with van der Waals surface area (Å²) in [4.78, 5) is 15.8. The highest BCUT2D eigenvalue weighted by molar-refractivity contribution is 8.00. The van der Waals surface area contributed by atoms with Crippen LogP contribution in [0.4, 0.5) is 0 Å². The van der Waals surface area contributed by atoms with Crippen molar-refractivity contribution >= 4 is 17.7 Å². The summed E-state index contributed by atoms with van der Waals surface area (Å²) in [6, 6.07) is 10.5. The number of piperidine rings is 1. The second kappa shape index (κ2) is 10.0. The van der Waals surface area contributed by atoms with Gasteiger partial charge >= 0.3 is 0 Å². The van der Waals surface area contributed by atoms with Crippen LogP contribution in [0.2, 0.25) is 0 Å². The molecule has 2 aliphatic heterocycles. The van der Waals surface area contributed by atoms with Crippen molar-refractivity contribution < 1.29 is 9.53 Å². The zero-order chi connectivity index (χ0) is 25.6. The van der Waals surface area contributed by atoms with E-state index in [1.807, 2.05) is 22.7 Å². The van der Waals surface area contributed by atoms with Gasteiger partial charge in [-0.2, -0.15) is 0 Å². The van der Waals surface area contributed by atoms with E-state index in [0.717, 1.165) is 54.9 Å². The van der Waals surface area contributed by atoms with Crippen LogP contribution in [0.1, 0.15) is 57.4 Å². The second-order valence-corrected chi connectivity index (χ2v) is 12.8. The quantitative estimate of drug-likeness (QED) is 0.478. The molecular weight excluding hydrogens is 478 g/mol. The first-order valence-electron chi connectivity index (χ1n) is 14.0. The van der Waals surface area contributed by atoms with Crippen molar-refractivity contribution in [3.8, 4) is 17.0 Å². The van der Waals surface area contributed by atoms with Gasteiger partial charge in [-0.15, -0.1) is 11.8 Å². The molecule has 1 saturated heterocycles. The molecule has 3 unspecified atom stereocenters. The molecule has 1 spiro atoms. The number of hydrogen-bond acceptors (Lipinski definition) is 4. The Bertz CT molecular complexity index is 1220. The smallest absolute Gasteiger partial charge is 0.253 e. The summed E-state index contributed by atoms with van der Waals surface area (Å²) in [6.07, 6.45) is 16.2. The van der Waals surface area contributed by atoms with Gasteiger partial charge in [0.15, 0.2) is 0 Å². The molecule has 3 heterocycles. The van der Waals surface area contributed by atoms with E-state index >= 15 is 0 Å². The highest BCUT2D eigenvalue weighted by Gasteiger charge is 2.45. The lowest BCUT2D eigenvalue weighted by atomic mass is 9.80. The van der Waals surface area contributed by atoms with Crippen LogP contribution in [-0.2, 0) is 17.4 Å². The number of fused-ring (bicyclic) bond motifs is 4. The van der Waals surface area contributed by atoms with Crippen LogP contribution in [0, 0.1) is 11.8 Å². The molecule has 2 fully saturated rings. The molecule has 196 valence electrons. The highest BCUT2D eigenvalue weighted by atomic mass is 32.2. The third-order valence-electron chi connectivity index (χ3n) is 8.66. The number of para-hydroxylation sites is 1. The fourth-order valence-electron chi connectivity index (χ4n) is 6.46. The molecule has 1 saturated carbocycles. The van der Waals surface area contributed by atoms with Crippen LogP contribution in [0.5, 0.6) is 5.75 Å². The normalized spacial score (nSPS) is 25.1. The molecule has 2 aliphatic carbocycles. The Balaban J connectivity index is 1.20. The fourth-order valence-corrected chi connectivity index (χ4v) is 7.84. The number of hydrogen-bond donors (Lipinski definition) is 1. The minimum atomic E-state index is -0.377. The van der Waals surface area contributed by atoms with Crippen LogP contribution in [0.25, 0.3) is 11.3 Å². The summed E-state index contributed by atoms with van der Waals surface area (Å²) in [5.41, 5.74) is 10.5. The van der Waals surface area contributed by atoms with Crippen molar-refractivity contribution in [3.63, 3.8) is 0 Å². The molecule has 6 heteroatoms. The van der Waals surface area contributed by atoms with E-state index in [0.29, 0.717) is 24.3 Å². The maximum absolute atomic E-state index is 13.8. The lowest BCUT2D eigenvalue weighted by molar-refractivity contribution is -0.130. The number of ether oxygens (including phenoxy) is 1. The number of aryl methyl sites for hydroxylation is 1. The van der Waals surface area contributed by atoms with E-state index in [1.165, 1.54) is 24.1 Å². The number of aromatic nitrogens is 1. The SMILES string of the molecule is CCCC(N)SC1C=C(C(=O)N2CCC3(CC2)Oc2ccccc2-c2c3ccn2C)C=CC(C2CC2)C1. The van der Waals surface area contributed by atoms with Crippen molar-refractivity contribution in [1.82, 2.24) is 9.47 Å². The standard InChI is InChI=1S/C31H39N3O2S/c1-3-6-28(32)37-24-19-22(21-9-10-21)11-12-23(20-24)30(35)34-17-14-31(15-18-34)26-13-16-33(2)29(26)25-7-4-5-8-27(25)36-31/h4-5,7-8,11-13,16,20-22,24,28H,3,6,9-10,14-15,17-19,32H2,1-2H3. The Hall–Kier alpha value is -2.44. The molecule has 0 radical (unpaired) electrons. The topological polar surface area (TPSA) is 60.5 Å². The first-order chi connectivity index (χ1) is 18.0. The lowest BCUT2D eigenvalue weighted by Gasteiger charge is -2.44. The summed E-state index contributed by atoms with van der Waals surface area (Å²) in [6.45, 7) is 3.57. The first-order valence-corrected chi connectivity index (χ1v) is 15.0. The molecule has 2 aromatic rings. The molecule has 37 heavy (non-hydrogen) atoms. The van der Waals surface area contributed by atoms with Crippen molar-refractivity contribution in [2.75, 3.05) is 13.1 Å². The average Bonchev–Trinajstić information content (AvgIpc) is 3.69. The van der Waals surface area contributed by atoms with Gasteiger partial charge in [0, 0.05) is 61.1 Å². The van der Waals surface area contributed by atoms with Gasteiger partial charge in [-0.1, -0.05) is 43.7 Å². The van der Waals surface area contributed by atoms with Crippen molar-refractivity contribution in [2.24, 2.45) is 24.6 Å². The van der Waals surface area contributed by atoms with Crippen LogP contribution >= 0.6 is 11.8 Å². The van der Waals surface area contributed by atoms with Crippen LogP contribution < -0.4 is 10.5 Å². The molecule has 2 N–H and O–H groups in total.